The van der Waals surface area contributed by atoms with Gasteiger partial charge in [0, 0.05) is 24.3 Å². The topological polar surface area (TPSA) is 30.5 Å². The molecule has 20 heavy (non-hydrogen) atoms. The quantitative estimate of drug-likeness (QED) is 0.890. The van der Waals surface area contributed by atoms with Gasteiger partial charge in [-0.3, -0.25) is 0 Å². The number of ether oxygens (including phenoxy) is 2. The monoisotopic (exact) mass is 277 g/mol. The highest BCUT2D eigenvalue weighted by molar-refractivity contribution is 5.35. The van der Waals surface area contributed by atoms with E-state index >= 15 is 0 Å². The third kappa shape index (κ3) is 4.22. The van der Waals surface area contributed by atoms with Crippen LogP contribution in [0.25, 0.3) is 0 Å². The molecule has 0 bridgehead atoms. The van der Waals surface area contributed by atoms with Crippen molar-refractivity contribution in [3.05, 3.63) is 29.8 Å². The zero-order valence-corrected chi connectivity index (χ0v) is 13.1. The summed E-state index contributed by atoms with van der Waals surface area (Å²) < 4.78 is 11.5. The molecule has 2 rings (SSSR count). The molecule has 0 amide bonds. The Hall–Kier alpha value is -1.06. The van der Waals surface area contributed by atoms with Gasteiger partial charge in [0.15, 0.2) is 0 Å². The van der Waals surface area contributed by atoms with Crippen molar-refractivity contribution in [3.8, 4) is 5.75 Å². The first kappa shape index (κ1) is 15.3. The van der Waals surface area contributed by atoms with Crippen LogP contribution < -0.4 is 10.1 Å². The largest absolute Gasteiger partial charge is 0.491 e. The minimum Gasteiger partial charge on any atom is -0.491 e. The molecule has 1 fully saturated rings. The summed E-state index contributed by atoms with van der Waals surface area (Å²) in [7, 11) is 0. The lowest BCUT2D eigenvalue weighted by molar-refractivity contribution is 0.0115. The summed E-state index contributed by atoms with van der Waals surface area (Å²) in [5.41, 5.74) is 1.24. The van der Waals surface area contributed by atoms with Crippen molar-refractivity contribution in [3.63, 3.8) is 0 Å². The van der Waals surface area contributed by atoms with E-state index in [0.29, 0.717) is 18.2 Å². The molecule has 112 valence electrons. The molecule has 0 spiro atoms. The summed E-state index contributed by atoms with van der Waals surface area (Å²) >= 11 is 0. The highest BCUT2D eigenvalue weighted by atomic mass is 16.5. The van der Waals surface area contributed by atoms with Gasteiger partial charge in [-0.2, -0.15) is 0 Å². The summed E-state index contributed by atoms with van der Waals surface area (Å²) in [5, 5.41) is 3.72. The number of hydrogen-bond donors (Lipinski definition) is 1. The average molecular weight is 277 g/mol. The van der Waals surface area contributed by atoms with Crippen LogP contribution >= 0.6 is 0 Å². The van der Waals surface area contributed by atoms with Crippen LogP contribution in [0.2, 0.25) is 0 Å². The zero-order valence-electron chi connectivity index (χ0n) is 13.1. The van der Waals surface area contributed by atoms with Gasteiger partial charge in [0.2, 0.25) is 0 Å². The molecule has 1 aliphatic rings. The van der Waals surface area contributed by atoms with Crippen LogP contribution in [-0.2, 0) is 4.74 Å². The number of para-hydroxylation sites is 1. The minimum atomic E-state index is 0.200. The van der Waals surface area contributed by atoms with E-state index in [1.807, 2.05) is 6.07 Å². The van der Waals surface area contributed by atoms with E-state index in [2.05, 4.69) is 51.2 Å². The first-order valence-electron chi connectivity index (χ1n) is 7.69. The van der Waals surface area contributed by atoms with Gasteiger partial charge >= 0.3 is 0 Å². The smallest absolute Gasteiger partial charge is 0.124 e. The fraction of sp³-hybridized carbons (Fsp3) is 0.647. The van der Waals surface area contributed by atoms with E-state index in [0.717, 1.165) is 25.2 Å². The van der Waals surface area contributed by atoms with Crippen molar-refractivity contribution < 1.29 is 9.47 Å². The Labute approximate surface area is 122 Å². The molecule has 1 aromatic carbocycles. The summed E-state index contributed by atoms with van der Waals surface area (Å²) in [6.07, 6.45) is 2.72. The van der Waals surface area contributed by atoms with Crippen LogP contribution in [0.5, 0.6) is 5.75 Å². The van der Waals surface area contributed by atoms with E-state index < -0.39 is 0 Å². The lowest BCUT2D eigenvalue weighted by Crippen LogP contribution is -2.39. The second-order valence-electron chi connectivity index (χ2n) is 6.00. The number of nitrogens with one attached hydrogen (secondary N) is 1. The van der Waals surface area contributed by atoms with Crippen molar-refractivity contribution in [2.75, 3.05) is 6.61 Å². The fourth-order valence-electron chi connectivity index (χ4n) is 2.79. The molecule has 3 nitrogen and oxygen atoms in total. The van der Waals surface area contributed by atoms with E-state index in [1.165, 1.54) is 5.56 Å². The maximum atomic E-state index is 5.91. The number of benzene rings is 1. The van der Waals surface area contributed by atoms with E-state index in [9.17, 15) is 0 Å². The molecule has 1 aromatic rings. The predicted octanol–water partition coefficient (Wildman–Crippen LogP) is 3.69. The molecule has 0 radical (unpaired) electrons. The molecule has 3 atom stereocenters. The molecule has 1 N–H and O–H groups in total. The fourth-order valence-corrected chi connectivity index (χ4v) is 2.79. The third-order valence-corrected chi connectivity index (χ3v) is 3.72. The van der Waals surface area contributed by atoms with Gasteiger partial charge in [0.05, 0.1) is 12.2 Å². The van der Waals surface area contributed by atoms with Gasteiger partial charge in [0.25, 0.3) is 0 Å². The SMILES string of the molecule is CC(C)Oc1ccccc1C(C)NC1CCOC(C)C1. The standard InChI is InChI=1S/C17H27NO2/c1-12(2)20-17-8-6-5-7-16(17)14(4)18-15-9-10-19-13(3)11-15/h5-8,12-15,18H,9-11H2,1-4H3. The summed E-state index contributed by atoms with van der Waals surface area (Å²) in [5.74, 6) is 0.989. The Bertz CT molecular complexity index is 419. The maximum absolute atomic E-state index is 5.91. The highest BCUT2D eigenvalue weighted by Crippen LogP contribution is 2.27. The average Bonchev–Trinajstić information content (AvgIpc) is 2.38. The van der Waals surface area contributed by atoms with Crippen molar-refractivity contribution in [1.82, 2.24) is 5.32 Å². The van der Waals surface area contributed by atoms with Crippen molar-refractivity contribution in [2.45, 2.75) is 64.8 Å². The van der Waals surface area contributed by atoms with Crippen LogP contribution in [0.3, 0.4) is 0 Å². The molecule has 0 aliphatic carbocycles. The van der Waals surface area contributed by atoms with Crippen molar-refractivity contribution in [2.24, 2.45) is 0 Å². The Morgan fingerprint density at radius 1 is 1.25 bits per heavy atom. The lowest BCUT2D eigenvalue weighted by Gasteiger charge is -2.31. The summed E-state index contributed by atoms with van der Waals surface area (Å²) in [6.45, 7) is 9.34. The van der Waals surface area contributed by atoms with E-state index in [-0.39, 0.29) is 6.10 Å². The molecule has 1 saturated heterocycles. The summed E-state index contributed by atoms with van der Waals surface area (Å²) in [4.78, 5) is 0. The van der Waals surface area contributed by atoms with Gasteiger partial charge in [0.1, 0.15) is 5.75 Å². The van der Waals surface area contributed by atoms with E-state index in [4.69, 9.17) is 9.47 Å². The second-order valence-corrected chi connectivity index (χ2v) is 6.00. The van der Waals surface area contributed by atoms with Crippen molar-refractivity contribution in [1.29, 1.82) is 0 Å². The molecule has 1 heterocycles. The van der Waals surface area contributed by atoms with Crippen molar-refractivity contribution >= 4 is 0 Å². The van der Waals surface area contributed by atoms with Crippen LogP contribution in [-0.4, -0.2) is 24.9 Å². The summed E-state index contributed by atoms with van der Waals surface area (Å²) in [6, 6.07) is 9.14. The maximum Gasteiger partial charge on any atom is 0.124 e. The predicted molar refractivity (Wildman–Crippen MR) is 82.2 cm³/mol. The molecule has 3 unspecified atom stereocenters. The van der Waals surface area contributed by atoms with Gasteiger partial charge in [-0.15, -0.1) is 0 Å². The van der Waals surface area contributed by atoms with Crippen LogP contribution in [0, 0.1) is 0 Å². The first-order valence-corrected chi connectivity index (χ1v) is 7.69. The Kier molecular flexibility index (Phi) is 5.44. The first-order chi connectivity index (χ1) is 9.56. The van der Waals surface area contributed by atoms with E-state index in [1.54, 1.807) is 0 Å². The number of hydrogen-bond acceptors (Lipinski definition) is 3. The van der Waals surface area contributed by atoms with Crippen LogP contribution in [0.1, 0.15) is 52.1 Å². The van der Waals surface area contributed by atoms with Crippen LogP contribution in [0.15, 0.2) is 24.3 Å². The normalized spacial score (nSPS) is 24.6. The van der Waals surface area contributed by atoms with Gasteiger partial charge in [-0.05, 0) is 46.6 Å². The Balaban J connectivity index is 2.02. The molecule has 0 aromatic heterocycles. The second kappa shape index (κ2) is 7.09. The molecular weight excluding hydrogens is 250 g/mol. The Morgan fingerprint density at radius 3 is 2.70 bits per heavy atom. The minimum absolute atomic E-state index is 0.200. The highest BCUT2D eigenvalue weighted by Gasteiger charge is 2.22. The lowest BCUT2D eigenvalue weighted by atomic mass is 10.0. The van der Waals surface area contributed by atoms with Crippen LogP contribution in [0.4, 0.5) is 0 Å². The number of rotatable bonds is 5. The zero-order chi connectivity index (χ0) is 14.5. The molecule has 0 saturated carbocycles. The van der Waals surface area contributed by atoms with Gasteiger partial charge in [-0.1, -0.05) is 18.2 Å². The Morgan fingerprint density at radius 2 is 2.00 bits per heavy atom. The van der Waals surface area contributed by atoms with Gasteiger partial charge in [-0.25, -0.2) is 0 Å². The molecular formula is C17H27NO2. The molecule has 3 heteroatoms. The van der Waals surface area contributed by atoms with Gasteiger partial charge < -0.3 is 14.8 Å². The molecule has 1 aliphatic heterocycles. The third-order valence-electron chi connectivity index (χ3n) is 3.72.